The van der Waals surface area contributed by atoms with Gasteiger partial charge in [0.2, 0.25) is 0 Å². The van der Waals surface area contributed by atoms with Gasteiger partial charge in [-0.1, -0.05) is 15.9 Å². The summed E-state index contributed by atoms with van der Waals surface area (Å²) in [5.41, 5.74) is 1.07. The van der Waals surface area contributed by atoms with Crippen LogP contribution in [0.4, 0.5) is 14.5 Å². The molecule has 6 heteroatoms. The van der Waals surface area contributed by atoms with Crippen molar-refractivity contribution in [3.05, 3.63) is 64.1 Å². The minimum Gasteiger partial charge on any atom is -0.332 e. The molecule has 1 amide bonds. The SMILES string of the molecule is C[C@H]([NH2+]CC(=O)Nc1ccc(Br)cc1)c1ccc(F)cc1F. The van der Waals surface area contributed by atoms with Crippen molar-refractivity contribution in [1.29, 1.82) is 0 Å². The van der Waals surface area contributed by atoms with Crippen LogP contribution in [0, 0.1) is 11.6 Å². The lowest BCUT2D eigenvalue weighted by Crippen LogP contribution is -2.86. The summed E-state index contributed by atoms with van der Waals surface area (Å²) in [4.78, 5) is 11.9. The minimum atomic E-state index is -0.610. The first-order valence-electron chi connectivity index (χ1n) is 6.79. The van der Waals surface area contributed by atoms with Gasteiger partial charge in [-0.2, -0.15) is 0 Å². The van der Waals surface area contributed by atoms with Crippen molar-refractivity contribution in [2.75, 3.05) is 11.9 Å². The molecule has 0 fully saturated rings. The van der Waals surface area contributed by atoms with Crippen LogP contribution in [0.3, 0.4) is 0 Å². The average Bonchev–Trinajstić information content (AvgIpc) is 2.47. The topological polar surface area (TPSA) is 45.7 Å². The second kappa shape index (κ2) is 7.47. The van der Waals surface area contributed by atoms with E-state index in [1.54, 1.807) is 24.4 Å². The number of amides is 1. The lowest BCUT2D eigenvalue weighted by Gasteiger charge is -2.12. The van der Waals surface area contributed by atoms with Crippen molar-refractivity contribution in [2.45, 2.75) is 13.0 Å². The van der Waals surface area contributed by atoms with Gasteiger partial charge < -0.3 is 10.6 Å². The summed E-state index contributed by atoms with van der Waals surface area (Å²) >= 11 is 3.32. The standard InChI is InChI=1S/C16H15BrF2N2O/c1-10(14-7-4-12(18)8-15(14)19)20-9-16(22)21-13-5-2-11(17)3-6-13/h2-8,10,20H,9H2,1H3,(H,21,22)/p+1/t10-/m0/s1. The van der Waals surface area contributed by atoms with Crippen molar-refractivity contribution >= 4 is 27.5 Å². The summed E-state index contributed by atoms with van der Waals surface area (Å²) in [5, 5.41) is 4.45. The van der Waals surface area contributed by atoms with Crippen molar-refractivity contribution in [2.24, 2.45) is 0 Å². The Kier molecular flexibility index (Phi) is 5.63. The highest BCUT2D eigenvalue weighted by molar-refractivity contribution is 9.10. The maximum Gasteiger partial charge on any atom is 0.279 e. The quantitative estimate of drug-likeness (QED) is 0.835. The van der Waals surface area contributed by atoms with Crippen LogP contribution in [-0.4, -0.2) is 12.5 Å². The smallest absolute Gasteiger partial charge is 0.279 e. The Morgan fingerprint density at radius 3 is 2.55 bits per heavy atom. The molecule has 0 radical (unpaired) electrons. The molecule has 3 N–H and O–H groups in total. The van der Waals surface area contributed by atoms with E-state index in [-0.39, 0.29) is 18.5 Å². The Labute approximate surface area is 135 Å². The highest BCUT2D eigenvalue weighted by atomic mass is 79.9. The zero-order valence-corrected chi connectivity index (χ0v) is 13.5. The summed E-state index contributed by atoms with van der Waals surface area (Å²) in [5.74, 6) is -1.39. The summed E-state index contributed by atoms with van der Waals surface area (Å²) in [6.45, 7) is 1.91. The predicted molar refractivity (Wildman–Crippen MR) is 84.3 cm³/mol. The first-order chi connectivity index (χ1) is 10.5. The van der Waals surface area contributed by atoms with E-state index in [4.69, 9.17) is 0 Å². The summed E-state index contributed by atoms with van der Waals surface area (Å²) in [6, 6.07) is 10.4. The summed E-state index contributed by atoms with van der Waals surface area (Å²) in [7, 11) is 0. The molecule has 2 rings (SSSR count). The lowest BCUT2D eigenvalue weighted by molar-refractivity contribution is -0.682. The Balaban J connectivity index is 1.88. The van der Waals surface area contributed by atoms with E-state index < -0.39 is 11.6 Å². The van der Waals surface area contributed by atoms with Gasteiger partial charge in [0, 0.05) is 21.8 Å². The molecule has 116 valence electrons. The van der Waals surface area contributed by atoms with E-state index in [0.717, 1.165) is 10.5 Å². The molecule has 0 aliphatic carbocycles. The van der Waals surface area contributed by atoms with Crippen LogP contribution < -0.4 is 10.6 Å². The van der Waals surface area contributed by atoms with E-state index >= 15 is 0 Å². The van der Waals surface area contributed by atoms with Gasteiger partial charge in [-0.15, -0.1) is 0 Å². The number of carbonyl (C=O) groups is 1. The molecule has 22 heavy (non-hydrogen) atoms. The minimum absolute atomic E-state index is 0.147. The molecule has 0 unspecified atom stereocenters. The largest absolute Gasteiger partial charge is 0.332 e. The fourth-order valence-corrected chi connectivity index (χ4v) is 2.29. The predicted octanol–water partition coefficient (Wildman–Crippen LogP) is 2.99. The molecule has 0 aromatic heterocycles. The Hall–Kier alpha value is -1.79. The first kappa shape index (κ1) is 16.6. The maximum atomic E-state index is 13.6. The molecule has 1 atom stereocenters. The average molecular weight is 370 g/mol. The van der Waals surface area contributed by atoms with Crippen LogP contribution in [0.1, 0.15) is 18.5 Å². The van der Waals surface area contributed by atoms with Crippen LogP contribution in [0.25, 0.3) is 0 Å². The molecule has 0 spiro atoms. The van der Waals surface area contributed by atoms with Gasteiger partial charge in [0.1, 0.15) is 17.7 Å². The number of halogens is 3. The molecule has 2 aromatic rings. The fraction of sp³-hybridized carbons (Fsp3) is 0.188. The van der Waals surface area contributed by atoms with E-state index in [1.807, 2.05) is 12.1 Å². The second-order valence-electron chi connectivity index (χ2n) is 4.95. The molecule has 0 bridgehead atoms. The number of rotatable bonds is 5. The molecular weight excluding hydrogens is 354 g/mol. The Morgan fingerprint density at radius 2 is 1.91 bits per heavy atom. The highest BCUT2D eigenvalue weighted by Gasteiger charge is 2.16. The number of hydrogen-bond acceptors (Lipinski definition) is 1. The molecule has 0 aliphatic rings. The third kappa shape index (κ3) is 4.61. The summed E-state index contributed by atoms with van der Waals surface area (Å²) in [6.07, 6.45) is 0. The number of benzene rings is 2. The van der Waals surface area contributed by atoms with Crippen LogP contribution in [0.5, 0.6) is 0 Å². The van der Waals surface area contributed by atoms with E-state index in [2.05, 4.69) is 21.2 Å². The molecule has 0 saturated carbocycles. The molecule has 2 aromatic carbocycles. The number of nitrogens with two attached hydrogens (primary N) is 1. The van der Waals surface area contributed by atoms with Gasteiger partial charge in [-0.05, 0) is 43.3 Å². The second-order valence-corrected chi connectivity index (χ2v) is 5.87. The summed E-state index contributed by atoms with van der Waals surface area (Å²) < 4.78 is 27.5. The van der Waals surface area contributed by atoms with Crippen LogP contribution in [0.2, 0.25) is 0 Å². The van der Waals surface area contributed by atoms with Crippen LogP contribution in [0.15, 0.2) is 46.9 Å². The van der Waals surface area contributed by atoms with Gasteiger partial charge in [0.15, 0.2) is 6.54 Å². The van der Waals surface area contributed by atoms with Gasteiger partial charge in [-0.3, -0.25) is 4.79 Å². The molecule has 0 aliphatic heterocycles. The van der Waals surface area contributed by atoms with Crippen molar-refractivity contribution in [3.8, 4) is 0 Å². The van der Waals surface area contributed by atoms with Crippen LogP contribution >= 0.6 is 15.9 Å². The van der Waals surface area contributed by atoms with E-state index in [0.29, 0.717) is 11.3 Å². The fourth-order valence-electron chi connectivity index (χ4n) is 2.03. The van der Waals surface area contributed by atoms with Crippen molar-refractivity contribution < 1.29 is 18.9 Å². The van der Waals surface area contributed by atoms with E-state index in [9.17, 15) is 13.6 Å². The number of anilines is 1. The lowest BCUT2D eigenvalue weighted by atomic mass is 10.1. The third-order valence-corrected chi connectivity index (χ3v) is 3.77. The zero-order chi connectivity index (χ0) is 16.1. The normalized spacial score (nSPS) is 12.0. The highest BCUT2D eigenvalue weighted by Crippen LogP contribution is 2.15. The van der Waals surface area contributed by atoms with Gasteiger partial charge in [0.05, 0.1) is 0 Å². The Bertz CT molecular complexity index is 662. The molecule has 0 saturated heterocycles. The van der Waals surface area contributed by atoms with E-state index in [1.165, 1.54) is 12.1 Å². The van der Waals surface area contributed by atoms with Crippen LogP contribution in [-0.2, 0) is 4.79 Å². The Morgan fingerprint density at radius 1 is 1.23 bits per heavy atom. The van der Waals surface area contributed by atoms with Crippen molar-refractivity contribution in [1.82, 2.24) is 0 Å². The monoisotopic (exact) mass is 369 g/mol. The zero-order valence-electron chi connectivity index (χ0n) is 11.9. The maximum absolute atomic E-state index is 13.6. The first-order valence-corrected chi connectivity index (χ1v) is 7.58. The number of nitrogens with one attached hydrogen (secondary N) is 1. The number of quaternary nitrogens is 1. The van der Waals surface area contributed by atoms with Gasteiger partial charge in [-0.25, -0.2) is 8.78 Å². The number of carbonyl (C=O) groups excluding carboxylic acids is 1. The number of hydrogen-bond donors (Lipinski definition) is 2. The van der Waals surface area contributed by atoms with Crippen molar-refractivity contribution in [3.63, 3.8) is 0 Å². The molecule has 0 heterocycles. The van der Waals surface area contributed by atoms with Gasteiger partial charge in [0.25, 0.3) is 5.91 Å². The van der Waals surface area contributed by atoms with Gasteiger partial charge >= 0.3 is 0 Å². The third-order valence-electron chi connectivity index (χ3n) is 3.24. The molecule has 3 nitrogen and oxygen atoms in total. The molecular formula is C16H16BrF2N2O+.